The van der Waals surface area contributed by atoms with Gasteiger partial charge in [-0.1, -0.05) is 6.92 Å². The first-order valence-corrected chi connectivity index (χ1v) is 9.58. The van der Waals surface area contributed by atoms with Crippen molar-refractivity contribution in [2.75, 3.05) is 59.4 Å². The lowest BCUT2D eigenvalue weighted by molar-refractivity contribution is -0.121. The van der Waals surface area contributed by atoms with Gasteiger partial charge in [0.15, 0.2) is 0 Å². The van der Waals surface area contributed by atoms with E-state index in [1.54, 1.807) is 0 Å². The minimum absolute atomic E-state index is 0.226. The Kier molecular flexibility index (Phi) is 5.94. The number of hydrogen-bond acceptors (Lipinski definition) is 4. The molecule has 0 aromatic rings. The van der Waals surface area contributed by atoms with E-state index in [2.05, 4.69) is 27.1 Å². The van der Waals surface area contributed by atoms with Crippen molar-refractivity contribution < 1.29 is 4.79 Å². The van der Waals surface area contributed by atoms with E-state index < -0.39 is 0 Å². The molecule has 3 unspecified atom stereocenters. The van der Waals surface area contributed by atoms with Gasteiger partial charge in [0, 0.05) is 51.7 Å². The number of piperazine rings is 1. The van der Waals surface area contributed by atoms with Gasteiger partial charge in [0.1, 0.15) is 0 Å². The van der Waals surface area contributed by atoms with E-state index in [1.165, 1.54) is 71.6 Å². The molecule has 2 heterocycles. The van der Waals surface area contributed by atoms with Crippen molar-refractivity contribution in [3.05, 3.63) is 0 Å². The van der Waals surface area contributed by atoms with Gasteiger partial charge in [0.2, 0.25) is 5.91 Å². The van der Waals surface area contributed by atoms with Gasteiger partial charge in [0.25, 0.3) is 0 Å². The van der Waals surface area contributed by atoms with Gasteiger partial charge in [-0.2, -0.15) is 0 Å². The Morgan fingerprint density at radius 2 is 1.78 bits per heavy atom. The van der Waals surface area contributed by atoms with Crippen molar-refractivity contribution in [3.63, 3.8) is 0 Å². The van der Waals surface area contributed by atoms with Gasteiger partial charge in [-0.15, -0.1) is 0 Å². The zero-order valence-electron chi connectivity index (χ0n) is 15.0. The van der Waals surface area contributed by atoms with Crippen LogP contribution in [0.4, 0.5) is 0 Å². The summed E-state index contributed by atoms with van der Waals surface area (Å²) in [6.45, 7) is 11.8. The van der Waals surface area contributed by atoms with E-state index in [0.717, 1.165) is 5.92 Å². The minimum atomic E-state index is 0.226. The Labute approximate surface area is 141 Å². The average Bonchev–Trinajstić information content (AvgIpc) is 3.11. The topological polar surface area (TPSA) is 38.8 Å². The van der Waals surface area contributed by atoms with Crippen molar-refractivity contribution in [3.8, 4) is 0 Å². The van der Waals surface area contributed by atoms with Gasteiger partial charge in [-0.3, -0.25) is 4.79 Å². The van der Waals surface area contributed by atoms with Gasteiger partial charge in [-0.25, -0.2) is 0 Å². The van der Waals surface area contributed by atoms with E-state index in [4.69, 9.17) is 0 Å². The summed E-state index contributed by atoms with van der Waals surface area (Å²) in [5.41, 5.74) is 0. The van der Waals surface area contributed by atoms with E-state index >= 15 is 0 Å². The van der Waals surface area contributed by atoms with Gasteiger partial charge >= 0.3 is 0 Å². The zero-order chi connectivity index (χ0) is 16.2. The number of amides is 1. The van der Waals surface area contributed by atoms with Crippen LogP contribution < -0.4 is 5.32 Å². The number of fused-ring (bicyclic) bond motifs is 1. The molecule has 1 amide bonds. The second kappa shape index (κ2) is 7.95. The smallest absolute Gasteiger partial charge is 0.219 e. The number of likely N-dealkylation sites (tertiary alicyclic amines) is 1. The molecule has 23 heavy (non-hydrogen) atoms. The van der Waals surface area contributed by atoms with Gasteiger partial charge in [-0.05, 0) is 51.2 Å². The Morgan fingerprint density at radius 1 is 1.04 bits per heavy atom. The molecule has 1 aliphatic carbocycles. The second-order valence-corrected chi connectivity index (χ2v) is 7.79. The van der Waals surface area contributed by atoms with Crippen molar-refractivity contribution in [1.82, 2.24) is 20.0 Å². The molecule has 0 spiro atoms. The molecule has 5 heteroatoms. The SMILES string of the molecule is CCC(=O)NC1CCC2CN(CCCN3CCN(C)CC3)CC21. The van der Waals surface area contributed by atoms with Crippen LogP contribution in [0, 0.1) is 11.8 Å². The lowest BCUT2D eigenvalue weighted by Crippen LogP contribution is -2.45. The maximum atomic E-state index is 11.7. The number of likely N-dealkylation sites (N-methyl/N-ethyl adjacent to an activating group) is 1. The minimum Gasteiger partial charge on any atom is -0.353 e. The molecular formula is C18H34N4O. The third-order valence-electron chi connectivity index (χ3n) is 6.14. The average molecular weight is 322 g/mol. The number of rotatable bonds is 6. The van der Waals surface area contributed by atoms with Crippen LogP contribution in [-0.4, -0.2) is 86.1 Å². The molecule has 3 rings (SSSR count). The number of carbonyl (C=O) groups excluding carboxylic acids is 1. The van der Waals surface area contributed by atoms with E-state index in [-0.39, 0.29) is 5.91 Å². The maximum Gasteiger partial charge on any atom is 0.219 e. The van der Waals surface area contributed by atoms with Crippen molar-refractivity contribution in [2.24, 2.45) is 11.8 Å². The van der Waals surface area contributed by atoms with Crippen LogP contribution in [0.3, 0.4) is 0 Å². The fourth-order valence-electron chi connectivity index (χ4n) is 4.62. The van der Waals surface area contributed by atoms with Crippen LogP contribution in [0.15, 0.2) is 0 Å². The molecule has 2 saturated heterocycles. The monoisotopic (exact) mass is 322 g/mol. The van der Waals surface area contributed by atoms with E-state index in [1.807, 2.05) is 6.92 Å². The Morgan fingerprint density at radius 3 is 2.52 bits per heavy atom. The highest BCUT2D eigenvalue weighted by Crippen LogP contribution is 2.38. The predicted octanol–water partition coefficient (Wildman–Crippen LogP) is 0.861. The number of carbonyl (C=O) groups is 1. The standard InChI is InChI=1S/C18H34N4O/c1-3-18(23)19-17-6-5-15-13-22(14-16(15)17)8-4-7-21-11-9-20(2)10-12-21/h15-17H,3-14H2,1-2H3,(H,19,23). The largest absolute Gasteiger partial charge is 0.353 e. The van der Waals surface area contributed by atoms with E-state index in [9.17, 15) is 4.79 Å². The maximum absolute atomic E-state index is 11.7. The summed E-state index contributed by atoms with van der Waals surface area (Å²) in [7, 11) is 2.22. The molecule has 1 saturated carbocycles. The molecule has 5 nitrogen and oxygen atoms in total. The van der Waals surface area contributed by atoms with Crippen LogP contribution in [-0.2, 0) is 4.79 Å². The normalized spacial score (nSPS) is 33.0. The molecule has 0 aromatic heterocycles. The van der Waals surface area contributed by atoms with E-state index in [0.29, 0.717) is 18.4 Å². The van der Waals surface area contributed by atoms with Crippen molar-refractivity contribution in [2.45, 2.75) is 38.6 Å². The first kappa shape index (κ1) is 17.2. The number of hydrogen-bond donors (Lipinski definition) is 1. The molecule has 1 N–H and O–H groups in total. The lowest BCUT2D eigenvalue weighted by atomic mass is 9.98. The van der Waals surface area contributed by atoms with Crippen LogP contribution in [0.2, 0.25) is 0 Å². The Balaban J connectivity index is 1.36. The first-order valence-electron chi connectivity index (χ1n) is 9.58. The van der Waals surface area contributed by atoms with Gasteiger partial charge < -0.3 is 20.0 Å². The summed E-state index contributed by atoms with van der Waals surface area (Å²) < 4.78 is 0. The predicted molar refractivity (Wildman–Crippen MR) is 93.4 cm³/mol. The molecule has 3 aliphatic rings. The van der Waals surface area contributed by atoms with Crippen LogP contribution in [0.25, 0.3) is 0 Å². The van der Waals surface area contributed by atoms with Crippen molar-refractivity contribution in [1.29, 1.82) is 0 Å². The molecule has 2 aliphatic heterocycles. The third kappa shape index (κ3) is 4.46. The highest BCUT2D eigenvalue weighted by molar-refractivity contribution is 5.75. The Hall–Kier alpha value is -0.650. The summed E-state index contributed by atoms with van der Waals surface area (Å²) in [6.07, 6.45) is 4.39. The fraction of sp³-hybridized carbons (Fsp3) is 0.944. The molecule has 0 bridgehead atoms. The molecule has 3 atom stereocenters. The first-order chi connectivity index (χ1) is 11.2. The van der Waals surface area contributed by atoms with Crippen LogP contribution >= 0.6 is 0 Å². The number of nitrogens with one attached hydrogen (secondary N) is 1. The lowest BCUT2D eigenvalue weighted by Gasteiger charge is -2.32. The zero-order valence-corrected chi connectivity index (χ0v) is 15.0. The summed E-state index contributed by atoms with van der Waals surface area (Å²) in [5, 5.41) is 3.25. The summed E-state index contributed by atoms with van der Waals surface area (Å²) in [5.74, 6) is 1.75. The summed E-state index contributed by atoms with van der Waals surface area (Å²) >= 11 is 0. The summed E-state index contributed by atoms with van der Waals surface area (Å²) in [6, 6.07) is 0.440. The molecular weight excluding hydrogens is 288 g/mol. The quantitative estimate of drug-likeness (QED) is 0.787. The second-order valence-electron chi connectivity index (χ2n) is 7.79. The molecule has 3 fully saturated rings. The van der Waals surface area contributed by atoms with Crippen LogP contribution in [0.5, 0.6) is 0 Å². The highest BCUT2D eigenvalue weighted by atomic mass is 16.1. The fourth-order valence-corrected chi connectivity index (χ4v) is 4.62. The third-order valence-corrected chi connectivity index (χ3v) is 6.14. The summed E-state index contributed by atoms with van der Waals surface area (Å²) in [4.78, 5) is 19.4. The van der Waals surface area contributed by atoms with Crippen LogP contribution in [0.1, 0.15) is 32.6 Å². The molecule has 0 aromatic carbocycles. The molecule has 0 radical (unpaired) electrons. The highest BCUT2D eigenvalue weighted by Gasteiger charge is 2.42. The Bertz CT molecular complexity index is 394. The number of nitrogens with zero attached hydrogens (tertiary/aromatic N) is 3. The molecule has 132 valence electrons. The van der Waals surface area contributed by atoms with Gasteiger partial charge in [0.05, 0.1) is 0 Å². The van der Waals surface area contributed by atoms with Crippen molar-refractivity contribution >= 4 is 5.91 Å².